The van der Waals surface area contributed by atoms with Crippen molar-refractivity contribution in [3.63, 3.8) is 0 Å². The fourth-order valence-corrected chi connectivity index (χ4v) is 2.67. The van der Waals surface area contributed by atoms with E-state index in [9.17, 15) is 19.2 Å². The zero-order valence-electron chi connectivity index (χ0n) is 17.3. The van der Waals surface area contributed by atoms with E-state index in [1.165, 1.54) is 4.90 Å². The van der Waals surface area contributed by atoms with E-state index in [1.54, 1.807) is 55.6 Å². The van der Waals surface area contributed by atoms with Gasteiger partial charge in [-0.15, -0.1) is 0 Å². The van der Waals surface area contributed by atoms with Gasteiger partial charge in [-0.3, -0.25) is 9.69 Å². The number of nitrogens with zero attached hydrogens (tertiary/aromatic N) is 1. The number of carbonyl (C=O) groups excluding carboxylic acids is 2. The number of amides is 3. The van der Waals surface area contributed by atoms with Crippen LogP contribution in [0.25, 0.3) is 0 Å². The summed E-state index contributed by atoms with van der Waals surface area (Å²) in [7, 11) is 1.54. The topological polar surface area (TPSA) is 171 Å². The second-order valence-electron chi connectivity index (χ2n) is 6.79. The number of carboxylic acid groups (broad SMARTS) is 2. The van der Waals surface area contributed by atoms with Gasteiger partial charge in [0.25, 0.3) is 0 Å². The number of hydrogen-bond acceptors (Lipinski definition) is 6. The van der Waals surface area contributed by atoms with Crippen LogP contribution in [0.5, 0.6) is 0 Å². The first-order valence-electron chi connectivity index (χ1n) is 9.53. The summed E-state index contributed by atoms with van der Waals surface area (Å²) >= 11 is 0. The van der Waals surface area contributed by atoms with Gasteiger partial charge in [0.05, 0.1) is 11.4 Å². The average molecular weight is 444 g/mol. The number of nitrogens with one attached hydrogen (secondary N) is 2. The molecule has 0 aromatic heterocycles. The SMILES string of the molecule is CN(C(=O)OCc1ccc(NC(=O)NC(CCC(=O)O)C(=O)O)cc1)c1ccccc1N. The molecule has 0 radical (unpaired) electrons. The number of carboxylic acids is 2. The van der Waals surface area contributed by atoms with Crippen molar-refractivity contribution in [2.24, 2.45) is 0 Å². The standard InChI is InChI=1S/C21H24N4O7/c1-25(17-5-3-2-4-15(17)22)21(31)32-12-13-6-8-14(9-7-13)23-20(30)24-16(19(28)29)10-11-18(26)27/h2-9,16H,10-12,22H2,1H3,(H,26,27)(H,28,29)(H2,23,24,30). The summed E-state index contributed by atoms with van der Waals surface area (Å²) in [5.41, 5.74) is 7.84. The van der Waals surface area contributed by atoms with Crippen molar-refractivity contribution in [1.29, 1.82) is 0 Å². The Hall–Kier alpha value is -4.28. The molecule has 0 aliphatic carbocycles. The Morgan fingerprint density at radius 2 is 1.72 bits per heavy atom. The third kappa shape index (κ3) is 7.20. The molecule has 0 aliphatic heterocycles. The van der Waals surface area contributed by atoms with Crippen LogP contribution in [-0.2, 0) is 20.9 Å². The molecule has 0 saturated carbocycles. The smallest absolute Gasteiger partial charge is 0.414 e. The van der Waals surface area contributed by atoms with Crippen LogP contribution in [0.4, 0.5) is 26.7 Å². The molecular formula is C21H24N4O7. The molecule has 3 amide bonds. The molecule has 0 saturated heterocycles. The van der Waals surface area contributed by atoms with Crippen molar-refractivity contribution in [2.75, 3.05) is 23.0 Å². The predicted octanol–water partition coefficient (Wildman–Crippen LogP) is 2.48. The fourth-order valence-electron chi connectivity index (χ4n) is 2.67. The van der Waals surface area contributed by atoms with E-state index < -0.39 is 36.5 Å². The van der Waals surface area contributed by atoms with Gasteiger partial charge >= 0.3 is 24.1 Å². The molecule has 2 aromatic carbocycles. The zero-order chi connectivity index (χ0) is 23.7. The second kappa shape index (κ2) is 11.2. The van der Waals surface area contributed by atoms with Gasteiger partial charge in [0.2, 0.25) is 0 Å². The van der Waals surface area contributed by atoms with Gasteiger partial charge < -0.3 is 31.3 Å². The van der Waals surface area contributed by atoms with Gasteiger partial charge in [0.15, 0.2) is 0 Å². The van der Waals surface area contributed by atoms with Crippen molar-refractivity contribution >= 4 is 41.1 Å². The van der Waals surface area contributed by atoms with Crippen molar-refractivity contribution in [3.05, 3.63) is 54.1 Å². The number of benzene rings is 2. The lowest BCUT2D eigenvalue weighted by atomic mass is 10.1. The van der Waals surface area contributed by atoms with Crippen LogP contribution < -0.4 is 21.3 Å². The van der Waals surface area contributed by atoms with E-state index >= 15 is 0 Å². The third-order valence-corrected chi connectivity index (χ3v) is 4.40. The van der Waals surface area contributed by atoms with Crippen LogP contribution in [0.1, 0.15) is 18.4 Å². The Balaban J connectivity index is 1.86. The Morgan fingerprint density at radius 1 is 1.06 bits per heavy atom. The first kappa shape index (κ1) is 24.0. The maximum Gasteiger partial charge on any atom is 0.414 e. The molecule has 0 aliphatic rings. The number of urea groups is 1. The zero-order valence-corrected chi connectivity index (χ0v) is 17.3. The van der Waals surface area contributed by atoms with Crippen LogP contribution in [0.3, 0.4) is 0 Å². The molecule has 0 bridgehead atoms. The van der Waals surface area contributed by atoms with Gasteiger partial charge in [0, 0.05) is 19.2 Å². The normalized spacial score (nSPS) is 11.2. The Labute approximate surface area is 183 Å². The minimum atomic E-state index is -1.33. The molecule has 2 aromatic rings. The van der Waals surface area contributed by atoms with E-state index in [0.29, 0.717) is 22.6 Å². The summed E-state index contributed by atoms with van der Waals surface area (Å²) in [5, 5.41) is 22.4. The summed E-state index contributed by atoms with van der Waals surface area (Å²) < 4.78 is 5.26. The van der Waals surface area contributed by atoms with Gasteiger partial charge in [-0.2, -0.15) is 0 Å². The highest BCUT2D eigenvalue weighted by Crippen LogP contribution is 2.22. The number of para-hydroxylation sites is 2. The summed E-state index contributed by atoms with van der Waals surface area (Å²) in [6, 6.07) is 11.1. The second-order valence-corrected chi connectivity index (χ2v) is 6.79. The quantitative estimate of drug-likeness (QED) is 0.367. The highest BCUT2D eigenvalue weighted by molar-refractivity contribution is 5.92. The van der Waals surface area contributed by atoms with Gasteiger partial charge in [-0.05, 0) is 36.2 Å². The summed E-state index contributed by atoms with van der Waals surface area (Å²) in [4.78, 5) is 47.2. The number of rotatable bonds is 9. The first-order chi connectivity index (χ1) is 15.2. The third-order valence-electron chi connectivity index (χ3n) is 4.40. The monoisotopic (exact) mass is 444 g/mol. The number of aliphatic carboxylic acids is 2. The Bertz CT molecular complexity index is 978. The highest BCUT2D eigenvalue weighted by atomic mass is 16.6. The number of ether oxygens (including phenoxy) is 1. The first-order valence-corrected chi connectivity index (χ1v) is 9.53. The van der Waals surface area contributed by atoms with E-state index in [1.807, 2.05) is 0 Å². The van der Waals surface area contributed by atoms with Crippen LogP contribution in [0.15, 0.2) is 48.5 Å². The van der Waals surface area contributed by atoms with Gasteiger partial charge in [-0.1, -0.05) is 24.3 Å². The average Bonchev–Trinajstić information content (AvgIpc) is 2.75. The molecule has 32 heavy (non-hydrogen) atoms. The van der Waals surface area contributed by atoms with Crippen molar-refractivity contribution in [2.45, 2.75) is 25.5 Å². The highest BCUT2D eigenvalue weighted by Gasteiger charge is 2.21. The van der Waals surface area contributed by atoms with Crippen LogP contribution in [-0.4, -0.2) is 47.4 Å². The molecule has 1 unspecified atom stereocenters. The van der Waals surface area contributed by atoms with Gasteiger partial charge in [-0.25, -0.2) is 14.4 Å². The predicted molar refractivity (Wildman–Crippen MR) is 116 cm³/mol. The van der Waals surface area contributed by atoms with E-state index in [0.717, 1.165) is 0 Å². The lowest BCUT2D eigenvalue weighted by Gasteiger charge is -2.18. The molecule has 6 N–H and O–H groups in total. The molecule has 1 atom stereocenters. The van der Waals surface area contributed by atoms with Crippen molar-refractivity contribution < 1.29 is 34.1 Å². The van der Waals surface area contributed by atoms with E-state index in [2.05, 4.69) is 10.6 Å². The molecule has 0 spiro atoms. The number of carbonyl (C=O) groups is 4. The van der Waals surface area contributed by atoms with Gasteiger partial charge in [0.1, 0.15) is 12.6 Å². The lowest BCUT2D eigenvalue weighted by molar-refractivity contribution is -0.140. The number of nitrogens with two attached hydrogens (primary N) is 1. The number of nitrogen functional groups attached to an aromatic ring is 1. The minimum Gasteiger partial charge on any atom is -0.481 e. The molecule has 0 heterocycles. The van der Waals surface area contributed by atoms with Crippen LogP contribution in [0.2, 0.25) is 0 Å². The summed E-state index contributed by atoms with van der Waals surface area (Å²) in [6.07, 6.45) is -1.23. The summed E-state index contributed by atoms with van der Waals surface area (Å²) in [6.45, 7) is -0.0152. The number of hydrogen-bond donors (Lipinski definition) is 5. The molecule has 11 heteroatoms. The minimum absolute atomic E-state index is 0.0152. The molecule has 0 fully saturated rings. The molecule has 2 rings (SSSR count). The van der Waals surface area contributed by atoms with Crippen molar-refractivity contribution in [1.82, 2.24) is 5.32 Å². The van der Waals surface area contributed by atoms with E-state index in [4.69, 9.17) is 20.7 Å². The molecule has 11 nitrogen and oxygen atoms in total. The van der Waals surface area contributed by atoms with E-state index in [-0.39, 0.29) is 13.0 Å². The maximum absolute atomic E-state index is 12.2. The Morgan fingerprint density at radius 3 is 2.31 bits per heavy atom. The lowest BCUT2D eigenvalue weighted by Crippen LogP contribution is -2.43. The largest absolute Gasteiger partial charge is 0.481 e. The Kier molecular flexibility index (Phi) is 8.40. The van der Waals surface area contributed by atoms with Crippen molar-refractivity contribution in [3.8, 4) is 0 Å². The maximum atomic E-state index is 12.2. The van der Waals surface area contributed by atoms with Crippen LogP contribution >= 0.6 is 0 Å². The molecule has 170 valence electrons. The summed E-state index contributed by atoms with van der Waals surface area (Å²) in [5.74, 6) is -2.49. The fraction of sp³-hybridized carbons (Fsp3) is 0.238. The van der Waals surface area contributed by atoms with Crippen LogP contribution in [0, 0.1) is 0 Å². The molecular weight excluding hydrogens is 420 g/mol. The number of anilines is 3.